The average Bonchev–Trinajstić information content (AvgIpc) is 2.28. The van der Waals surface area contributed by atoms with Gasteiger partial charge in [0.1, 0.15) is 0 Å². The minimum Gasteiger partial charge on any atom is -0.353 e. The predicted molar refractivity (Wildman–Crippen MR) is 78.5 cm³/mol. The first-order valence-electron chi connectivity index (χ1n) is 6.93. The monoisotopic (exact) mass is 305 g/mol. The van der Waals surface area contributed by atoms with Gasteiger partial charge < -0.3 is 5.32 Å². The molecule has 0 bridgehead atoms. The number of carbonyl (C=O) groups is 1. The van der Waals surface area contributed by atoms with Gasteiger partial charge in [0.05, 0.1) is 0 Å². The third kappa shape index (κ3) is 7.07. The Morgan fingerprint density at radius 2 is 1.65 bits per heavy atom. The highest BCUT2D eigenvalue weighted by molar-refractivity contribution is 9.09. The van der Waals surface area contributed by atoms with Crippen molar-refractivity contribution in [3.63, 3.8) is 0 Å². The van der Waals surface area contributed by atoms with Gasteiger partial charge in [0.2, 0.25) is 5.91 Å². The van der Waals surface area contributed by atoms with Gasteiger partial charge in [0, 0.05) is 17.3 Å². The van der Waals surface area contributed by atoms with Crippen molar-refractivity contribution >= 4 is 21.8 Å². The van der Waals surface area contributed by atoms with E-state index in [1.807, 2.05) is 0 Å². The van der Waals surface area contributed by atoms with E-state index in [1.165, 1.54) is 0 Å². The minimum absolute atomic E-state index is 0.210. The Bertz CT molecular complexity index is 200. The molecule has 0 radical (unpaired) electrons. The van der Waals surface area contributed by atoms with Crippen molar-refractivity contribution in [1.82, 2.24) is 5.32 Å². The molecule has 0 heterocycles. The van der Waals surface area contributed by atoms with Crippen LogP contribution in [0.15, 0.2) is 0 Å². The van der Waals surface area contributed by atoms with Crippen molar-refractivity contribution in [1.29, 1.82) is 0 Å². The third-order valence-electron chi connectivity index (χ3n) is 3.20. The quantitative estimate of drug-likeness (QED) is 0.638. The van der Waals surface area contributed by atoms with Crippen LogP contribution in [0.5, 0.6) is 0 Å². The van der Waals surface area contributed by atoms with Crippen molar-refractivity contribution in [2.24, 2.45) is 11.8 Å². The van der Waals surface area contributed by atoms with Crippen LogP contribution in [-0.2, 0) is 4.79 Å². The second-order valence-electron chi connectivity index (χ2n) is 5.11. The van der Waals surface area contributed by atoms with Gasteiger partial charge in [-0.25, -0.2) is 0 Å². The molecule has 1 N–H and O–H groups in total. The predicted octanol–water partition coefficient (Wildman–Crippen LogP) is 4.13. The van der Waals surface area contributed by atoms with Crippen molar-refractivity contribution < 1.29 is 4.79 Å². The summed E-state index contributed by atoms with van der Waals surface area (Å²) >= 11 is 3.46. The standard InChI is InChI=1S/C14H28BrNO/c1-5-7-12(8-6-2)14(17)16-13(9-10-15)11(3)4/h11-13H,5-10H2,1-4H3,(H,16,17). The molecule has 0 aliphatic heterocycles. The van der Waals surface area contributed by atoms with Crippen LogP contribution in [0.4, 0.5) is 0 Å². The van der Waals surface area contributed by atoms with Crippen LogP contribution in [0.1, 0.15) is 59.8 Å². The molecule has 2 nitrogen and oxygen atoms in total. The Labute approximate surface area is 115 Å². The second-order valence-corrected chi connectivity index (χ2v) is 5.90. The summed E-state index contributed by atoms with van der Waals surface area (Å²) in [6, 6.07) is 0.304. The van der Waals surface area contributed by atoms with Crippen LogP contribution in [0, 0.1) is 11.8 Å². The molecule has 17 heavy (non-hydrogen) atoms. The maximum Gasteiger partial charge on any atom is 0.223 e. The Balaban J connectivity index is 4.33. The van der Waals surface area contributed by atoms with Crippen LogP contribution in [-0.4, -0.2) is 17.3 Å². The van der Waals surface area contributed by atoms with Crippen LogP contribution in [0.25, 0.3) is 0 Å². The van der Waals surface area contributed by atoms with E-state index in [0.29, 0.717) is 12.0 Å². The topological polar surface area (TPSA) is 29.1 Å². The van der Waals surface area contributed by atoms with Crippen LogP contribution in [0.2, 0.25) is 0 Å². The molecule has 1 atom stereocenters. The zero-order chi connectivity index (χ0) is 13.3. The number of nitrogens with one attached hydrogen (secondary N) is 1. The van der Waals surface area contributed by atoms with E-state index < -0.39 is 0 Å². The van der Waals surface area contributed by atoms with Gasteiger partial charge in [-0.05, 0) is 25.2 Å². The Morgan fingerprint density at radius 1 is 1.12 bits per heavy atom. The van der Waals surface area contributed by atoms with E-state index in [0.717, 1.165) is 37.4 Å². The van der Waals surface area contributed by atoms with Gasteiger partial charge in [0.15, 0.2) is 0 Å². The van der Waals surface area contributed by atoms with E-state index in [2.05, 4.69) is 48.9 Å². The lowest BCUT2D eigenvalue weighted by Gasteiger charge is -2.24. The lowest BCUT2D eigenvalue weighted by Crippen LogP contribution is -2.42. The lowest BCUT2D eigenvalue weighted by molar-refractivity contribution is -0.126. The molecule has 3 heteroatoms. The number of alkyl halides is 1. The number of amides is 1. The lowest BCUT2D eigenvalue weighted by atomic mass is 9.95. The fraction of sp³-hybridized carbons (Fsp3) is 0.929. The Hall–Kier alpha value is -0.0500. The maximum atomic E-state index is 12.2. The van der Waals surface area contributed by atoms with Crippen LogP contribution in [0.3, 0.4) is 0 Å². The fourth-order valence-corrected chi connectivity index (χ4v) is 2.59. The number of carbonyl (C=O) groups excluding carboxylic acids is 1. The normalized spacial score (nSPS) is 13.1. The number of hydrogen-bond donors (Lipinski definition) is 1. The first-order chi connectivity index (χ1) is 8.06. The smallest absolute Gasteiger partial charge is 0.223 e. The molecule has 0 rings (SSSR count). The first-order valence-corrected chi connectivity index (χ1v) is 8.05. The van der Waals surface area contributed by atoms with Gasteiger partial charge in [-0.1, -0.05) is 56.5 Å². The average molecular weight is 306 g/mol. The highest BCUT2D eigenvalue weighted by Gasteiger charge is 2.21. The molecule has 1 unspecified atom stereocenters. The molecule has 0 fully saturated rings. The van der Waals surface area contributed by atoms with Crippen molar-refractivity contribution in [3.8, 4) is 0 Å². The summed E-state index contributed by atoms with van der Waals surface area (Å²) in [5, 5.41) is 4.16. The molecule has 0 aromatic carbocycles. The molecule has 1 amide bonds. The summed E-state index contributed by atoms with van der Waals surface area (Å²) in [4.78, 5) is 12.2. The van der Waals surface area contributed by atoms with E-state index in [4.69, 9.17) is 0 Å². The largest absolute Gasteiger partial charge is 0.353 e. The van der Waals surface area contributed by atoms with Gasteiger partial charge >= 0.3 is 0 Å². The summed E-state index contributed by atoms with van der Waals surface area (Å²) in [7, 11) is 0. The zero-order valence-electron chi connectivity index (χ0n) is 11.8. The summed E-state index contributed by atoms with van der Waals surface area (Å²) in [6.07, 6.45) is 5.21. The first kappa shape index (κ1) is 16.9. The van der Waals surface area contributed by atoms with Gasteiger partial charge in [-0.3, -0.25) is 4.79 Å². The highest BCUT2D eigenvalue weighted by Crippen LogP contribution is 2.16. The Morgan fingerprint density at radius 3 is 2.00 bits per heavy atom. The molecular formula is C14H28BrNO. The molecule has 102 valence electrons. The van der Waals surface area contributed by atoms with Gasteiger partial charge in [-0.2, -0.15) is 0 Å². The van der Waals surface area contributed by atoms with Crippen molar-refractivity contribution in [2.45, 2.75) is 65.8 Å². The van der Waals surface area contributed by atoms with E-state index in [9.17, 15) is 4.79 Å². The minimum atomic E-state index is 0.210. The molecule has 0 spiro atoms. The molecular weight excluding hydrogens is 278 g/mol. The number of hydrogen-bond acceptors (Lipinski definition) is 1. The van der Waals surface area contributed by atoms with E-state index >= 15 is 0 Å². The molecule has 0 saturated carbocycles. The van der Waals surface area contributed by atoms with Crippen molar-refractivity contribution in [3.05, 3.63) is 0 Å². The zero-order valence-corrected chi connectivity index (χ0v) is 13.3. The van der Waals surface area contributed by atoms with Crippen molar-refractivity contribution in [2.75, 3.05) is 5.33 Å². The summed E-state index contributed by atoms with van der Waals surface area (Å²) in [5.74, 6) is 0.968. The number of halogens is 1. The molecule has 0 saturated heterocycles. The van der Waals surface area contributed by atoms with E-state index in [-0.39, 0.29) is 11.8 Å². The fourth-order valence-electron chi connectivity index (χ4n) is 2.09. The SMILES string of the molecule is CCCC(CCC)C(=O)NC(CCBr)C(C)C. The third-order valence-corrected chi connectivity index (χ3v) is 3.66. The maximum absolute atomic E-state index is 12.2. The van der Waals surface area contributed by atoms with Gasteiger partial charge in [0.25, 0.3) is 0 Å². The molecule has 0 aliphatic carbocycles. The van der Waals surface area contributed by atoms with Gasteiger partial charge in [-0.15, -0.1) is 0 Å². The second kappa shape index (κ2) is 9.93. The van der Waals surface area contributed by atoms with E-state index in [1.54, 1.807) is 0 Å². The highest BCUT2D eigenvalue weighted by atomic mass is 79.9. The summed E-state index contributed by atoms with van der Waals surface area (Å²) < 4.78 is 0. The Kier molecular flexibility index (Phi) is 9.90. The number of rotatable bonds is 9. The van der Waals surface area contributed by atoms with Crippen LogP contribution < -0.4 is 5.32 Å². The molecule has 0 aromatic rings. The molecule has 0 aliphatic rings. The summed E-state index contributed by atoms with van der Waals surface area (Å²) in [6.45, 7) is 8.63. The van der Waals surface area contributed by atoms with Crippen LogP contribution >= 0.6 is 15.9 Å². The summed E-state index contributed by atoms with van der Waals surface area (Å²) in [5.41, 5.74) is 0. The molecule has 0 aromatic heterocycles.